The van der Waals surface area contributed by atoms with E-state index in [1.807, 2.05) is 6.92 Å². The Labute approximate surface area is 116 Å². The second kappa shape index (κ2) is 6.64. The van der Waals surface area contributed by atoms with Crippen molar-refractivity contribution in [2.75, 3.05) is 27.8 Å². The van der Waals surface area contributed by atoms with E-state index in [9.17, 15) is 4.79 Å². The van der Waals surface area contributed by atoms with Gasteiger partial charge in [-0.2, -0.15) is 0 Å². The van der Waals surface area contributed by atoms with E-state index in [-0.39, 0.29) is 5.91 Å². The quantitative estimate of drug-likeness (QED) is 0.838. The smallest absolute Gasteiger partial charge is 0.254 e. The summed E-state index contributed by atoms with van der Waals surface area (Å²) in [5, 5.41) is 0. The van der Waals surface area contributed by atoms with Crippen molar-refractivity contribution in [1.82, 2.24) is 4.90 Å². The largest absolute Gasteiger partial charge is 0.492 e. The number of hydrogen-bond donors (Lipinski definition) is 0. The van der Waals surface area contributed by atoms with Crippen LogP contribution < -0.4 is 9.47 Å². The fourth-order valence-electron chi connectivity index (χ4n) is 1.46. The highest BCUT2D eigenvalue weighted by Crippen LogP contribution is 2.38. The minimum absolute atomic E-state index is 0.0813. The van der Waals surface area contributed by atoms with Gasteiger partial charge in [0.05, 0.1) is 23.8 Å². The molecule has 0 aliphatic rings. The monoisotopic (exact) mass is 315 g/mol. The van der Waals surface area contributed by atoms with E-state index in [0.29, 0.717) is 28.1 Å². The molecule has 0 atom stereocenters. The van der Waals surface area contributed by atoms with Gasteiger partial charge in [0.2, 0.25) is 0 Å². The molecule has 0 aromatic heterocycles. The van der Waals surface area contributed by atoms with Crippen LogP contribution in [0.15, 0.2) is 16.6 Å². The minimum atomic E-state index is -0.0813. The van der Waals surface area contributed by atoms with Gasteiger partial charge in [0.25, 0.3) is 5.91 Å². The first-order chi connectivity index (χ1) is 8.52. The van der Waals surface area contributed by atoms with Gasteiger partial charge in [-0.1, -0.05) is 6.92 Å². The normalized spacial score (nSPS) is 10.1. The van der Waals surface area contributed by atoms with Crippen LogP contribution in [0.25, 0.3) is 0 Å². The Kier molecular flexibility index (Phi) is 5.47. The lowest BCUT2D eigenvalue weighted by Gasteiger charge is -2.16. The number of ether oxygens (including phenoxy) is 2. The number of methoxy groups -OCH3 is 1. The van der Waals surface area contributed by atoms with E-state index in [1.54, 1.807) is 33.3 Å². The molecule has 1 aromatic carbocycles. The Morgan fingerprint density at radius 1 is 1.39 bits per heavy atom. The number of carbonyl (C=O) groups excluding carboxylic acids is 1. The first-order valence-corrected chi connectivity index (χ1v) is 6.53. The molecule has 5 heteroatoms. The number of nitrogens with zero attached hydrogens (tertiary/aromatic N) is 1. The van der Waals surface area contributed by atoms with Gasteiger partial charge in [-0.15, -0.1) is 0 Å². The molecule has 1 amide bonds. The molecule has 0 aliphatic carbocycles. The lowest BCUT2D eigenvalue weighted by atomic mass is 10.2. The van der Waals surface area contributed by atoms with Crippen molar-refractivity contribution in [2.24, 2.45) is 0 Å². The highest BCUT2D eigenvalue weighted by atomic mass is 79.9. The molecule has 1 aromatic rings. The summed E-state index contributed by atoms with van der Waals surface area (Å²) in [5.74, 6) is 1.11. The van der Waals surface area contributed by atoms with Gasteiger partial charge in [-0.25, -0.2) is 0 Å². The summed E-state index contributed by atoms with van der Waals surface area (Å²) >= 11 is 3.40. The topological polar surface area (TPSA) is 38.8 Å². The van der Waals surface area contributed by atoms with Gasteiger partial charge in [0.1, 0.15) is 0 Å². The van der Waals surface area contributed by atoms with Crippen LogP contribution in [0.3, 0.4) is 0 Å². The Morgan fingerprint density at radius 2 is 2.06 bits per heavy atom. The third kappa shape index (κ3) is 3.16. The average Bonchev–Trinajstić information content (AvgIpc) is 2.35. The van der Waals surface area contributed by atoms with Crippen LogP contribution in [0.2, 0.25) is 0 Å². The van der Waals surface area contributed by atoms with Crippen LogP contribution in [0.4, 0.5) is 0 Å². The highest BCUT2D eigenvalue weighted by Gasteiger charge is 2.19. The molecule has 0 aliphatic heterocycles. The van der Waals surface area contributed by atoms with Gasteiger partial charge in [0, 0.05) is 14.1 Å². The Bertz CT molecular complexity index is 432. The highest BCUT2D eigenvalue weighted by molar-refractivity contribution is 9.10. The Hall–Kier alpha value is -1.23. The van der Waals surface area contributed by atoms with Crippen molar-refractivity contribution in [3.8, 4) is 11.5 Å². The third-order valence-electron chi connectivity index (χ3n) is 2.36. The van der Waals surface area contributed by atoms with E-state index in [2.05, 4.69) is 15.9 Å². The standard InChI is InChI=1S/C13H18BrNO3/c1-5-8-18-10-7-6-9(13(16)15(2)3)11(14)12(10)17-4/h6-7H,5,8H2,1-4H3. The van der Waals surface area contributed by atoms with Gasteiger partial charge < -0.3 is 14.4 Å². The van der Waals surface area contributed by atoms with Gasteiger partial charge in [-0.05, 0) is 34.5 Å². The molecule has 0 bridgehead atoms. The number of benzene rings is 1. The van der Waals surface area contributed by atoms with Crippen molar-refractivity contribution in [3.63, 3.8) is 0 Å². The number of halogens is 1. The van der Waals surface area contributed by atoms with E-state index in [0.717, 1.165) is 6.42 Å². The van der Waals surface area contributed by atoms with Gasteiger partial charge in [-0.3, -0.25) is 4.79 Å². The fraction of sp³-hybridized carbons (Fsp3) is 0.462. The second-order valence-electron chi connectivity index (χ2n) is 4.01. The summed E-state index contributed by atoms with van der Waals surface area (Å²) in [5.41, 5.74) is 0.556. The van der Waals surface area contributed by atoms with Crippen molar-refractivity contribution in [3.05, 3.63) is 22.2 Å². The molecular formula is C13H18BrNO3. The third-order valence-corrected chi connectivity index (χ3v) is 3.15. The molecule has 0 heterocycles. The number of hydrogen-bond acceptors (Lipinski definition) is 3. The fourth-order valence-corrected chi connectivity index (χ4v) is 2.12. The maximum atomic E-state index is 12.0. The average molecular weight is 316 g/mol. The molecule has 0 spiro atoms. The summed E-state index contributed by atoms with van der Waals surface area (Å²) in [4.78, 5) is 13.5. The van der Waals surface area contributed by atoms with Crippen LogP contribution in [0, 0.1) is 0 Å². The van der Waals surface area contributed by atoms with Crippen molar-refractivity contribution < 1.29 is 14.3 Å². The maximum absolute atomic E-state index is 12.0. The Balaban J connectivity index is 3.15. The summed E-state index contributed by atoms with van der Waals surface area (Å²) in [7, 11) is 4.98. The first-order valence-electron chi connectivity index (χ1n) is 5.73. The van der Waals surface area contributed by atoms with Crippen LogP contribution in [0.5, 0.6) is 11.5 Å². The van der Waals surface area contributed by atoms with Gasteiger partial charge in [0.15, 0.2) is 11.5 Å². The number of rotatable bonds is 5. The SMILES string of the molecule is CCCOc1ccc(C(=O)N(C)C)c(Br)c1OC. The molecule has 0 unspecified atom stereocenters. The van der Waals surface area contributed by atoms with Crippen LogP contribution >= 0.6 is 15.9 Å². The molecule has 4 nitrogen and oxygen atoms in total. The van der Waals surface area contributed by atoms with Crippen molar-refractivity contribution >= 4 is 21.8 Å². The van der Waals surface area contributed by atoms with E-state index in [4.69, 9.17) is 9.47 Å². The molecule has 0 N–H and O–H groups in total. The van der Waals surface area contributed by atoms with Gasteiger partial charge >= 0.3 is 0 Å². The van der Waals surface area contributed by atoms with Crippen molar-refractivity contribution in [2.45, 2.75) is 13.3 Å². The zero-order chi connectivity index (χ0) is 13.7. The lowest BCUT2D eigenvalue weighted by Crippen LogP contribution is -2.22. The summed E-state index contributed by atoms with van der Waals surface area (Å²) in [6.45, 7) is 2.65. The summed E-state index contributed by atoms with van der Waals surface area (Å²) in [6, 6.07) is 3.50. The Morgan fingerprint density at radius 3 is 2.56 bits per heavy atom. The zero-order valence-corrected chi connectivity index (χ0v) is 12.7. The van der Waals surface area contributed by atoms with E-state index < -0.39 is 0 Å². The van der Waals surface area contributed by atoms with E-state index >= 15 is 0 Å². The minimum Gasteiger partial charge on any atom is -0.492 e. The maximum Gasteiger partial charge on any atom is 0.254 e. The zero-order valence-electron chi connectivity index (χ0n) is 11.1. The molecular weight excluding hydrogens is 298 g/mol. The van der Waals surface area contributed by atoms with E-state index in [1.165, 1.54) is 4.90 Å². The number of amides is 1. The lowest BCUT2D eigenvalue weighted by molar-refractivity contribution is 0.0826. The summed E-state index contributed by atoms with van der Waals surface area (Å²) in [6.07, 6.45) is 0.916. The predicted octanol–water partition coefficient (Wildman–Crippen LogP) is 2.95. The van der Waals surface area contributed by atoms with Crippen LogP contribution in [-0.4, -0.2) is 38.6 Å². The second-order valence-corrected chi connectivity index (χ2v) is 4.80. The molecule has 0 saturated carbocycles. The molecule has 100 valence electrons. The van der Waals surface area contributed by atoms with Crippen molar-refractivity contribution in [1.29, 1.82) is 0 Å². The predicted molar refractivity (Wildman–Crippen MR) is 74.5 cm³/mol. The molecule has 0 saturated heterocycles. The summed E-state index contributed by atoms with van der Waals surface area (Å²) < 4.78 is 11.5. The van der Waals surface area contributed by atoms with Crippen LogP contribution in [-0.2, 0) is 0 Å². The molecule has 1 rings (SSSR count). The molecule has 0 radical (unpaired) electrons. The molecule has 0 fully saturated rings. The van der Waals surface area contributed by atoms with Crippen LogP contribution in [0.1, 0.15) is 23.7 Å². The molecule has 18 heavy (non-hydrogen) atoms. The first kappa shape index (κ1) is 14.8. The number of carbonyl (C=O) groups is 1.